The number of furan rings is 1. The van der Waals surface area contributed by atoms with Gasteiger partial charge in [-0.25, -0.2) is 4.98 Å². The summed E-state index contributed by atoms with van der Waals surface area (Å²) in [5.41, 5.74) is 6.47. The number of hydrogen-bond donors (Lipinski definition) is 1. The Balaban J connectivity index is 1.80. The highest BCUT2D eigenvalue weighted by molar-refractivity contribution is 7.16. The van der Waals surface area contributed by atoms with Gasteiger partial charge in [-0.3, -0.25) is 5.43 Å². The molecule has 0 bridgehead atoms. The van der Waals surface area contributed by atoms with Crippen molar-refractivity contribution in [2.45, 2.75) is 33.6 Å². The fourth-order valence-corrected chi connectivity index (χ4v) is 3.44. The number of nitrogens with one attached hydrogen (secondary N) is 1. The number of hydrazone groups is 1. The summed E-state index contributed by atoms with van der Waals surface area (Å²) in [5, 5.41) is 5.03. The standard InChI is InChI=1S/C19H21N3OS/c1-4-5-17-18(15-9-6-13(2)7-10-15)21-19(24-17)22-20-12-16-11-8-14(3)23-16/h6-12H,4-5H2,1-3H3,(H,21,22)/b20-12-. The second-order valence-electron chi connectivity index (χ2n) is 5.73. The van der Waals surface area contributed by atoms with Crippen molar-refractivity contribution in [3.63, 3.8) is 0 Å². The van der Waals surface area contributed by atoms with Crippen molar-refractivity contribution >= 4 is 22.7 Å². The number of hydrogen-bond acceptors (Lipinski definition) is 5. The molecule has 0 saturated carbocycles. The zero-order chi connectivity index (χ0) is 16.9. The van der Waals surface area contributed by atoms with E-state index in [1.54, 1.807) is 17.6 Å². The van der Waals surface area contributed by atoms with Gasteiger partial charge in [0, 0.05) is 10.4 Å². The minimum absolute atomic E-state index is 0.726. The molecule has 0 aliphatic heterocycles. The average Bonchev–Trinajstić information content (AvgIpc) is 3.15. The van der Waals surface area contributed by atoms with Gasteiger partial charge in [-0.1, -0.05) is 54.5 Å². The molecular formula is C19H21N3OS. The quantitative estimate of drug-likeness (QED) is 0.482. The van der Waals surface area contributed by atoms with Crippen molar-refractivity contribution < 1.29 is 4.42 Å². The molecule has 0 fully saturated rings. The molecule has 2 aromatic heterocycles. The van der Waals surface area contributed by atoms with E-state index in [2.05, 4.69) is 48.6 Å². The van der Waals surface area contributed by atoms with E-state index in [9.17, 15) is 0 Å². The molecule has 1 N–H and O–H groups in total. The van der Waals surface area contributed by atoms with Crippen LogP contribution in [0.1, 0.15) is 35.3 Å². The lowest BCUT2D eigenvalue weighted by atomic mass is 10.1. The highest BCUT2D eigenvalue weighted by Crippen LogP contribution is 2.32. The third-order valence-electron chi connectivity index (χ3n) is 3.61. The van der Waals surface area contributed by atoms with Gasteiger partial charge in [-0.15, -0.1) is 0 Å². The van der Waals surface area contributed by atoms with Gasteiger partial charge in [-0.2, -0.15) is 5.10 Å². The smallest absolute Gasteiger partial charge is 0.204 e. The molecule has 24 heavy (non-hydrogen) atoms. The lowest BCUT2D eigenvalue weighted by molar-refractivity contribution is 0.528. The van der Waals surface area contributed by atoms with Crippen molar-refractivity contribution in [2.75, 3.05) is 5.43 Å². The minimum Gasteiger partial charge on any atom is -0.460 e. The first-order chi connectivity index (χ1) is 11.7. The van der Waals surface area contributed by atoms with Gasteiger partial charge in [0.2, 0.25) is 5.13 Å². The first-order valence-corrected chi connectivity index (χ1v) is 8.89. The molecule has 0 spiro atoms. The maximum Gasteiger partial charge on any atom is 0.204 e. The highest BCUT2D eigenvalue weighted by atomic mass is 32.1. The Morgan fingerprint density at radius 3 is 2.62 bits per heavy atom. The van der Waals surface area contributed by atoms with E-state index in [0.717, 1.165) is 40.8 Å². The van der Waals surface area contributed by atoms with Crippen molar-refractivity contribution in [3.8, 4) is 11.3 Å². The van der Waals surface area contributed by atoms with Gasteiger partial charge in [-0.05, 0) is 32.4 Å². The first-order valence-electron chi connectivity index (χ1n) is 8.08. The van der Waals surface area contributed by atoms with Gasteiger partial charge in [0.1, 0.15) is 11.5 Å². The Kier molecular flexibility index (Phi) is 5.11. The van der Waals surface area contributed by atoms with E-state index in [4.69, 9.17) is 9.40 Å². The van der Waals surface area contributed by atoms with Crippen LogP contribution in [0.15, 0.2) is 45.9 Å². The molecule has 0 unspecified atom stereocenters. The van der Waals surface area contributed by atoms with Gasteiger partial charge < -0.3 is 4.42 Å². The lowest BCUT2D eigenvalue weighted by Crippen LogP contribution is -1.89. The van der Waals surface area contributed by atoms with Crippen LogP contribution in [0, 0.1) is 13.8 Å². The SMILES string of the molecule is CCCc1sc(N/N=C\c2ccc(C)o2)nc1-c1ccc(C)cc1. The van der Waals surface area contributed by atoms with Crippen molar-refractivity contribution in [1.29, 1.82) is 0 Å². The van der Waals surface area contributed by atoms with E-state index in [1.165, 1.54) is 10.4 Å². The van der Waals surface area contributed by atoms with Crippen molar-refractivity contribution in [3.05, 3.63) is 58.4 Å². The second-order valence-corrected chi connectivity index (χ2v) is 6.81. The summed E-state index contributed by atoms with van der Waals surface area (Å²) in [4.78, 5) is 6.01. The number of thiazole rings is 1. The molecule has 3 rings (SSSR count). The molecule has 0 radical (unpaired) electrons. The summed E-state index contributed by atoms with van der Waals surface area (Å²) in [6, 6.07) is 12.3. The average molecular weight is 339 g/mol. The van der Waals surface area contributed by atoms with E-state index in [1.807, 2.05) is 19.1 Å². The summed E-state index contributed by atoms with van der Waals surface area (Å²) < 4.78 is 5.46. The van der Waals surface area contributed by atoms with Crippen molar-refractivity contribution in [1.82, 2.24) is 4.98 Å². The summed E-state index contributed by atoms with van der Waals surface area (Å²) in [6.07, 6.45) is 3.78. The molecule has 4 nitrogen and oxygen atoms in total. The molecular weight excluding hydrogens is 318 g/mol. The fraction of sp³-hybridized carbons (Fsp3) is 0.263. The second kappa shape index (κ2) is 7.45. The summed E-state index contributed by atoms with van der Waals surface area (Å²) in [7, 11) is 0. The maximum atomic E-state index is 5.46. The van der Waals surface area contributed by atoms with E-state index in [-0.39, 0.29) is 0 Å². The first kappa shape index (κ1) is 16.5. The Labute approximate surface area is 146 Å². The Hall–Kier alpha value is -2.40. The molecule has 1 aromatic carbocycles. The lowest BCUT2D eigenvalue weighted by Gasteiger charge is -2.01. The van der Waals surface area contributed by atoms with Gasteiger partial charge >= 0.3 is 0 Å². The molecule has 0 amide bonds. The summed E-state index contributed by atoms with van der Waals surface area (Å²) >= 11 is 1.66. The third kappa shape index (κ3) is 3.92. The monoisotopic (exact) mass is 339 g/mol. The number of aromatic nitrogens is 1. The van der Waals surface area contributed by atoms with Crippen LogP contribution >= 0.6 is 11.3 Å². The van der Waals surface area contributed by atoms with Crippen LogP contribution in [0.25, 0.3) is 11.3 Å². The molecule has 0 aliphatic rings. The molecule has 0 aliphatic carbocycles. The van der Waals surface area contributed by atoms with Crippen LogP contribution < -0.4 is 5.43 Å². The van der Waals surface area contributed by atoms with Crippen LogP contribution in [0.2, 0.25) is 0 Å². The summed E-state index contributed by atoms with van der Waals surface area (Å²) in [5.74, 6) is 1.60. The number of anilines is 1. The zero-order valence-electron chi connectivity index (χ0n) is 14.2. The molecule has 5 heteroatoms. The fourth-order valence-electron chi connectivity index (χ4n) is 2.41. The highest BCUT2D eigenvalue weighted by Gasteiger charge is 2.12. The van der Waals surface area contributed by atoms with E-state index >= 15 is 0 Å². The van der Waals surface area contributed by atoms with Crippen LogP contribution in [-0.4, -0.2) is 11.2 Å². The molecule has 0 saturated heterocycles. The maximum absolute atomic E-state index is 5.46. The Morgan fingerprint density at radius 1 is 1.17 bits per heavy atom. The number of aryl methyl sites for hydroxylation is 3. The zero-order valence-corrected chi connectivity index (χ0v) is 15.0. The summed E-state index contributed by atoms with van der Waals surface area (Å²) in [6.45, 7) is 6.19. The van der Waals surface area contributed by atoms with Crippen molar-refractivity contribution in [2.24, 2.45) is 5.10 Å². The molecule has 0 atom stereocenters. The predicted octanol–water partition coefficient (Wildman–Crippen LogP) is 5.42. The van der Waals surface area contributed by atoms with Gasteiger partial charge in [0.05, 0.1) is 11.9 Å². The van der Waals surface area contributed by atoms with E-state index in [0.29, 0.717) is 0 Å². The number of nitrogens with zero attached hydrogens (tertiary/aromatic N) is 2. The molecule has 3 aromatic rings. The van der Waals surface area contributed by atoms with Gasteiger partial charge in [0.15, 0.2) is 0 Å². The van der Waals surface area contributed by atoms with E-state index < -0.39 is 0 Å². The van der Waals surface area contributed by atoms with Crippen LogP contribution in [0.4, 0.5) is 5.13 Å². The normalized spacial score (nSPS) is 11.3. The number of benzene rings is 1. The van der Waals surface area contributed by atoms with Crippen LogP contribution in [0.3, 0.4) is 0 Å². The molecule has 124 valence electrons. The predicted molar refractivity (Wildman–Crippen MR) is 101 cm³/mol. The van der Waals surface area contributed by atoms with Crippen LogP contribution in [0.5, 0.6) is 0 Å². The third-order valence-corrected chi connectivity index (χ3v) is 4.63. The Bertz CT molecular complexity index is 831. The van der Waals surface area contributed by atoms with Gasteiger partial charge in [0.25, 0.3) is 0 Å². The largest absolute Gasteiger partial charge is 0.460 e. The van der Waals surface area contributed by atoms with Crippen LogP contribution in [-0.2, 0) is 6.42 Å². The molecule has 2 heterocycles. The topological polar surface area (TPSA) is 50.4 Å². The minimum atomic E-state index is 0.726. The Morgan fingerprint density at radius 2 is 1.96 bits per heavy atom. The number of rotatable bonds is 6.